The number of aliphatic hydroxyl groups is 1. The lowest BCUT2D eigenvalue weighted by Crippen LogP contribution is -2.52. The zero-order valence-corrected chi connectivity index (χ0v) is 18.1. The van der Waals surface area contributed by atoms with Crippen LogP contribution in [-0.4, -0.2) is 70.6 Å². The second kappa shape index (κ2) is 7.46. The van der Waals surface area contributed by atoms with Crippen molar-refractivity contribution in [1.29, 1.82) is 0 Å². The third kappa shape index (κ3) is 2.90. The number of methoxy groups -OCH3 is 1. The van der Waals surface area contributed by atoms with E-state index in [9.17, 15) is 19.5 Å². The largest absolute Gasteiger partial charge is 0.497 e. The summed E-state index contributed by atoms with van der Waals surface area (Å²) in [5.41, 5.74) is 0.601. The standard InChI is InChI=1S/C21H27N3O5S/c1-20-8-9-21(30-20)15(14(20)17(26)22-2)19(28)24(10-11-25)16(21)18(27)23-12-4-6-13(29-3)7-5-12/h4-7,14-16,25H,8-11H2,1-3H3,(H,22,26)(H,23,27)/t14-,15-,16?,20+,21?/m0/s1. The molecule has 162 valence electrons. The van der Waals surface area contributed by atoms with Crippen molar-refractivity contribution in [3.8, 4) is 5.75 Å². The first-order valence-corrected chi connectivity index (χ1v) is 10.9. The molecule has 2 bridgehead atoms. The SMILES string of the molecule is CNC(=O)[C@@H]1[C@H]2C(=O)N(CCO)C(C(=O)Nc3ccc(OC)cc3)C23CC[C@@]1(C)S3. The second-order valence-electron chi connectivity index (χ2n) is 8.31. The number of nitrogens with zero attached hydrogens (tertiary/aromatic N) is 1. The van der Waals surface area contributed by atoms with Crippen molar-refractivity contribution in [2.45, 2.75) is 35.3 Å². The molecule has 1 aromatic rings. The highest BCUT2D eigenvalue weighted by Gasteiger charge is 2.76. The van der Waals surface area contributed by atoms with Gasteiger partial charge < -0.3 is 25.4 Å². The lowest BCUT2D eigenvalue weighted by atomic mass is 9.66. The molecule has 3 aliphatic rings. The van der Waals surface area contributed by atoms with Gasteiger partial charge in [0.25, 0.3) is 0 Å². The molecule has 3 saturated heterocycles. The molecule has 1 spiro atoms. The van der Waals surface area contributed by atoms with Crippen molar-refractivity contribution >= 4 is 35.2 Å². The van der Waals surface area contributed by atoms with Crippen LogP contribution in [0.5, 0.6) is 5.75 Å². The van der Waals surface area contributed by atoms with E-state index in [1.54, 1.807) is 50.2 Å². The molecule has 30 heavy (non-hydrogen) atoms. The molecule has 1 aromatic carbocycles. The molecule has 3 fully saturated rings. The van der Waals surface area contributed by atoms with E-state index in [4.69, 9.17) is 4.74 Å². The summed E-state index contributed by atoms with van der Waals surface area (Å²) in [6.07, 6.45) is 1.44. The molecule has 3 aliphatic heterocycles. The zero-order chi connectivity index (χ0) is 21.7. The average Bonchev–Trinajstić information content (AvgIpc) is 3.29. The quantitative estimate of drug-likeness (QED) is 0.614. The van der Waals surface area contributed by atoms with Gasteiger partial charge in [-0.15, -0.1) is 11.8 Å². The smallest absolute Gasteiger partial charge is 0.248 e. The van der Waals surface area contributed by atoms with Crippen LogP contribution in [0.4, 0.5) is 5.69 Å². The Balaban J connectivity index is 1.69. The number of anilines is 1. The fourth-order valence-corrected chi connectivity index (χ4v) is 7.87. The van der Waals surface area contributed by atoms with E-state index < -0.39 is 22.6 Å². The van der Waals surface area contributed by atoms with Crippen LogP contribution >= 0.6 is 11.8 Å². The van der Waals surface area contributed by atoms with Gasteiger partial charge in [0.2, 0.25) is 17.7 Å². The molecule has 0 aromatic heterocycles. The molecule has 3 heterocycles. The first kappa shape index (κ1) is 21.0. The average molecular weight is 434 g/mol. The Kier molecular flexibility index (Phi) is 5.22. The van der Waals surface area contributed by atoms with Crippen molar-refractivity contribution in [3.63, 3.8) is 0 Å². The fourth-order valence-electron chi connectivity index (χ4n) is 5.52. The number of thioether (sulfide) groups is 1. The molecular weight excluding hydrogens is 406 g/mol. The number of amides is 3. The van der Waals surface area contributed by atoms with Crippen LogP contribution in [0.15, 0.2) is 24.3 Å². The van der Waals surface area contributed by atoms with Gasteiger partial charge in [-0.2, -0.15) is 0 Å². The topological polar surface area (TPSA) is 108 Å². The summed E-state index contributed by atoms with van der Waals surface area (Å²) in [5.74, 6) is -1.06. The number of hydrogen-bond donors (Lipinski definition) is 3. The van der Waals surface area contributed by atoms with Gasteiger partial charge >= 0.3 is 0 Å². The highest BCUT2D eigenvalue weighted by Crippen LogP contribution is 2.71. The molecule has 3 amide bonds. The number of likely N-dealkylation sites (tertiary alicyclic amines) is 1. The second-order valence-corrected chi connectivity index (χ2v) is 10.2. The Labute approximate surface area is 179 Å². The Morgan fingerprint density at radius 1 is 1.27 bits per heavy atom. The highest BCUT2D eigenvalue weighted by atomic mass is 32.2. The number of carbonyl (C=O) groups excluding carboxylic acids is 3. The predicted molar refractivity (Wildman–Crippen MR) is 113 cm³/mol. The third-order valence-electron chi connectivity index (χ3n) is 6.75. The van der Waals surface area contributed by atoms with Crippen LogP contribution in [0, 0.1) is 11.8 Å². The van der Waals surface area contributed by atoms with E-state index in [1.807, 2.05) is 6.92 Å². The number of benzene rings is 1. The van der Waals surface area contributed by atoms with E-state index >= 15 is 0 Å². The maximum atomic E-state index is 13.4. The van der Waals surface area contributed by atoms with Crippen LogP contribution < -0.4 is 15.4 Å². The van der Waals surface area contributed by atoms with Crippen LogP contribution in [0.25, 0.3) is 0 Å². The first-order chi connectivity index (χ1) is 14.3. The fraction of sp³-hybridized carbons (Fsp3) is 0.571. The van der Waals surface area contributed by atoms with Crippen LogP contribution in [-0.2, 0) is 14.4 Å². The van der Waals surface area contributed by atoms with Crippen LogP contribution in [0.1, 0.15) is 19.8 Å². The minimum Gasteiger partial charge on any atom is -0.497 e. The molecule has 3 N–H and O–H groups in total. The number of ether oxygens (including phenoxy) is 1. The van der Waals surface area contributed by atoms with Crippen molar-refractivity contribution in [3.05, 3.63) is 24.3 Å². The Bertz CT molecular complexity index is 878. The van der Waals surface area contributed by atoms with Crippen molar-refractivity contribution in [2.75, 3.05) is 32.6 Å². The summed E-state index contributed by atoms with van der Waals surface area (Å²) in [5, 5.41) is 15.2. The zero-order valence-electron chi connectivity index (χ0n) is 17.3. The molecule has 4 rings (SSSR count). The Morgan fingerprint density at radius 3 is 2.57 bits per heavy atom. The minimum atomic E-state index is -0.745. The number of rotatable bonds is 6. The summed E-state index contributed by atoms with van der Waals surface area (Å²) in [7, 11) is 3.15. The summed E-state index contributed by atoms with van der Waals surface area (Å²) < 4.78 is 4.10. The third-order valence-corrected chi connectivity index (χ3v) is 8.74. The van der Waals surface area contributed by atoms with E-state index in [1.165, 1.54) is 4.90 Å². The molecular formula is C21H27N3O5S. The maximum absolute atomic E-state index is 13.4. The maximum Gasteiger partial charge on any atom is 0.248 e. The van der Waals surface area contributed by atoms with E-state index in [2.05, 4.69) is 10.6 Å². The van der Waals surface area contributed by atoms with E-state index in [-0.39, 0.29) is 35.6 Å². The van der Waals surface area contributed by atoms with E-state index in [0.717, 1.165) is 6.42 Å². The number of β-amino-alcohol motifs (C(OH)–C–C–N with tert-alkyl or cyclic N) is 1. The molecule has 9 heteroatoms. The van der Waals surface area contributed by atoms with Gasteiger partial charge in [0, 0.05) is 24.0 Å². The lowest BCUT2D eigenvalue weighted by molar-refractivity contribution is -0.140. The number of carbonyl (C=O) groups is 3. The van der Waals surface area contributed by atoms with Gasteiger partial charge in [0.1, 0.15) is 11.8 Å². The van der Waals surface area contributed by atoms with Gasteiger partial charge in [0.15, 0.2) is 0 Å². The molecule has 5 atom stereocenters. The van der Waals surface area contributed by atoms with Crippen molar-refractivity contribution in [1.82, 2.24) is 10.2 Å². The Morgan fingerprint density at radius 2 is 1.97 bits per heavy atom. The normalized spacial score (nSPS) is 34.1. The summed E-state index contributed by atoms with van der Waals surface area (Å²) in [6, 6.07) is 6.24. The van der Waals surface area contributed by atoms with Gasteiger partial charge in [-0.25, -0.2) is 0 Å². The molecule has 2 unspecified atom stereocenters. The summed E-state index contributed by atoms with van der Waals surface area (Å²) >= 11 is 1.60. The number of aliphatic hydroxyl groups excluding tert-OH is 1. The first-order valence-electron chi connectivity index (χ1n) is 10.1. The van der Waals surface area contributed by atoms with Crippen LogP contribution in [0.2, 0.25) is 0 Å². The number of hydrogen-bond acceptors (Lipinski definition) is 6. The summed E-state index contributed by atoms with van der Waals surface area (Å²) in [6.45, 7) is 1.84. The number of fused-ring (bicyclic) bond motifs is 1. The highest BCUT2D eigenvalue weighted by molar-refractivity contribution is 8.02. The molecule has 0 saturated carbocycles. The van der Waals surface area contributed by atoms with Crippen LogP contribution in [0.3, 0.4) is 0 Å². The van der Waals surface area contributed by atoms with Gasteiger partial charge in [0.05, 0.1) is 30.3 Å². The lowest BCUT2D eigenvalue weighted by Gasteiger charge is -2.34. The Hall–Kier alpha value is -2.26. The van der Waals surface area contributed by atoms with E-state index in [0.29, 0.717) is 17.9 Å². The summed E-state index contributed by atoms with van der Waals surface area (Å²) in [4.78, 5) is 41.1. The molecule has 0 radical (unpaired) electrons. The van der Waals surface area contributed by atoms with Gasteiger partial charge in [-0.05, 0) is 44.0 Å². The monoisotopic (exact) mass is 433 g/mol. The van der Waals surface area contributed by atoms with Crippen molar-refractivity contribution < 1.29 is 24.2 Å². The molecule has 0 aliphatic carbocycles. The minimum absolute atomic E-state index is 0.0650. The van der Waals surface area contributed by atoms with Crippen molar-refractivity contribution in [2.24, 2.45) is 11.8 Å². The van der Waals surface area contributed by atoms with Gasteiger partial charge in [-0.1, -0.05) is 0 Å². The number of nitrogens with one attached hydrogen (secondary N) is 2. The predicted octanol–water partition coefficient (Wildman–Crippen LogP) is 0.853. The molecule has 8 nitrogen and oxygen atoms in total. The van der Waals surface area contributed by atoms with Gasteiger partial charge in [-0.3, -0.25) is 14.4 Å².